The molecule has 2 aromatic heterocycles. The van der Waals surface area contributed by atoms with E-state index < -0.39 is 0 Å². The Morgan fingerprint density at radius 1 is 1.04 bits per heavy atom. The molecule has 0 atom stereocenters. The summed E-state index contributed by atoms with van der Waals surface area (Å²) in [5.41, 5.74) is 1.73. The Kier molecular flexibility index (Phi) is 4.22. The fraction of sp³-hybridized carbons (Fsp3) is 0.105. The SMILES string of the molecule is Cc1nn2c(SCC(=O)c3ccccc3)nc3ccccc3c2nc1=O. The van der Waals surface area contributed by atoms with Gasteiger partial charge in [0, 0.05) is 10.9 Å². The predicted molar refractivity (Wildman–Crippen MR) is 101 cm³/mol. The van der Waals surface area contributed by atoms with Crippen LogP contribution < -0.4 is 5.56 Å². The molecule has 128 valence electrons. The van der Waals surface area contributed by atoms with E-state index in [2.05, 4.69) is 15.1 Å². The van der Waals surface area contributed by atoms with Crippen LogP contribution in [-0.4, -0.2) is 31.1 Å². The van der Waals surface area contributed by atoms with Crippen molar-refractivity contribution in [2.75, 3.05) is 5.75 Å². The first-order chi connectivity index (χ1) is 12.6. The summed E-state index contributed by atoms with van der Waals surface area (Å²) in [4.78, 5) is 33.1. The van der Waals surface area contributed by atoms with Crippen LogP contribution in [0, 0.1) is 6.92 Å². The minimum Gasteiger partial charge on any atom is -0.293 e. The van der Waals surface area contributed by atoms with Gasteiger partial charge in [-0.05, 0) is 19.1 Å². The van der Waals surface area contributed by atoms with Crippen molar-refractivity contribution in [1.29, 1.82) is 0 Å². The van der Waals surface area contributed by atoms with E-state index in [0.717, 1.165) is 5.39 Å². The summed E-state index contributed by atoms with van der Waals surface area (Å²) in [6.07, 6.45) is 0. The van der Waals surface area contributed by atoms with Gasteiger partial charge in [-0.2, -0.15) is 14.6 Å². The second kappa shape index (κ2) is 6.68. The molecule has 4 aromatic rings. The maximum Gasteiger partial charge on any atom is 0.294 e. The van der Waals surface area contributed by atoms with Gasteiger partial charge in [0.05, 0.1) is 11.3 Å². The topological polar surface area (TPSA) is 77.2 Å². The summed E-state index contributed by atoms with van der Waals surface area (Å²) in [7, 11) is 0. The molecule has 0 aliphatic heterocycles. The molecule has 0 fully saturated rings. The van der Waals surface area contributed by atoms with E-state index in [-0.39, 0.29) is 22.8 Å². The molecule has 0 aliphatic carbocycles. The van der Waals surface area contributed by atoms with Crippen molar-refractivity contribution in [1.82, 2.24) is 19.6 Å². The molecular weight excluding hydrogens is 348 g/mol. The Morgan fingerprint density at radius 3 is 2.58 bits per heavy atom. The average molecular weight is 362 g/mol. The number of hydrogen-bond acceptors (Lipinski definition) is 6. The van der Waals surface area contributed by atoms with Gasteiger partial charge in [-0.15, -0.1) is 0 Å². The van der Waals surface area contributed by atoms with Gasteiger partial charge in [-0.1, -0.05) is 54.2 Å². The summed E-state index contributed by atoms with van der Waals surface area (Å²) in [5, 5.41) is 5.60. The Hall–Kier alpha value is -3.06. The van der Waals surface area contributed by atoms with Crippen LogP contribution in [0.25, 0.3) is 16.6 Å². The van der Waals surface area contributed by atoms with Crippen LogP contribution in [0.15, 0.2) is 64.5 Å². The molecule has 0 saturated heterocycles. The zero-order valence-electron chi connectivity index (χ0n) is 13.9. The van der Waals surface area contributed by atoms with Crippen LogP contribution >= 0.6 is 11.8 Å². The largest absolute Gasteiger partial charge is 0.294 e. The Balaban J connectivity index is 1.79. The molecule has 0 unspecified atom stereocenters. The third-order valence-electron chi connectivity index (χ3n) is 3.94. The second-order valence-corrected chi connectivity index (χ2v) is 6.67. The summed E-state index contributed by atoms with van der Waals surface area (Å²) >= 11 is 1.28. The van der Waals surface area contributed by atoms with Gasteiger partial charge in [0.2, 0.25) is 0 Å². The number of thioether (sulfide) groups is 1. The quantitative estimate of drug-likeness (QED) is 0.240. The van der Waals surface area contributed by atoms with E-state index in [1.165, 1.54) is 11.8 Å². The minimum atomic E-state index is -0.363. The second-order valence-electron chi connectivity index (χ2n) is 5.73. The van der Waals surface area contributed by atoms with Gasteiger partial charge >= 0.3 is 0 Å². The highest BCUT2D eigenvalue weighted by molar-refractivity contribution is 7.99. The molecule has 0 saturated carbocycles. The molecule has 0 N–H and O–H groups in total. The average Bonchev–Trinajstić information content (AvgIpc) is 2.68. The monoisotopic (exact) mass is 362 g/mol. The lowest BCUT2D eigenvalue weighted by Gasteiger charge is -2.09. The van der Waals surface area contributed by atoms with E-state index in [1.807, 2.05) is 42.5 Å². The molecule has 6 nitrogen and oxygen atoms in total. The van der Waals surface area contributed by atoms with Crippen molar-refractivity contribution < 1.29 is 4.79 Å². The Bertz CT molecular complexity index is 1190. The summed E-state index contributed by atoms with van der Waals surface area (Å²) < 4.78 is 1.54. The van der Waals surface area contributed by atoms with Gasteiger partial charge in [0.1, 0.15) is 5.69 Å². The number of para-hydroxylation sites is 1. The number of aryl methyl sites for hydroxylation is 1. The van der Waals surface area contributed by atoms with E-state index in [1.54, 1.807) is 23.6 Å². The molecule has 2 heterocycles. The van der Waals surface area contributed by atoms with Crippen molar-refractivity contribution >= 4 is 34.1 Å². The molecule has 7 heteroatoms. The number of aromatic nitrogens is 4. The van der Waals surface area contributed by atoms with Crippen molar-refractivity contribution in [3.05, 3.63) is 76.2 Å². The number of rotatable bonds is 4. The summed E-state index contributed by atoms with van der Waals surface area (Å²) in [6.45, 7) is 1.61. The number of benzene rings is 2. The van der Waals surface area contributed by atoms with Crippen molar-refractivity contribution in [2.24, 2.45) is 0 Å². The number of fused-ring (bicyclic) bond motifs is 3. The number of carbonyl (C=O) groups is 1. The minimum absolute atomic E-state index is 0.00411. The number of carbonyl (C=O) groups excluding carboxylic acids is 1. The molecule has 0 radical (unpaired) electrons. The Labute approximate surface area is 152 Å². The van der Waals surface area contributed by atoms with Crippen LogP contribution in [0.5, 0.6) is 0 Å². The lowest BCUT2D eigenvalue weighted by atomic mass is 10.2. The molecule has 26 heavy (non-hydrogen) atoms. The van der Waals surface area contributed by atoms with Gasteiger partial charge in [0.25, 0.3) is 5.56 Å². The van der Waals surface area contributed by atoms with E-state index in [0.29, 0.717) is 21.9 Å². The van der Waals surface area contributed by atoms with E-state index in [9.17, 15) is 9.59 Å². The fourth-order valence-electron chi connectivity index (χ4n) is 2.61. The maximum atomic E-state index is 12.4. The molecular formula is C19H14N4O2S. The number of nitrogens with zero attached hydrogens (tertiary/aromatic N) is 4. The number of Topliss-reactive ketones (excluding diaryl/α,β-unsaturated/α-hetero) is 1. The first kappa shape index (κ1) is 16.4. The maximum absolute atomic E-state index is 12.4. The Morgan fingerprint density at radius 2 is 1.77 bits per heavy atom. The smallest absolute Gasteiger partial charge is 0.293 e. The van der Waals surface area contributed by atoms with Crippen LogP contribution in [0.2, 0.25) is 0 Å². The molecule has 0 bridgehead atoms. The number of hydrogen-bond donors (Lipinski definition) is 0. The molecule has 0 aliphatic rings. The fourth-order valence-corrected chi connectivity index (χ4v) is 3.45. The van der Waals surface area contributed by atoms with Crippen molar-refractivity contribution in [3.8, 4) is 0 Å². The van der Waals surface area contributed by atoms with E-state index in [4.69, 9.17) is 0 Å². The third-order valence-corrected chi connectivity index (χ3v) is 4.87. The van der Waals surface area contributed by atoms with Gasteiger partial charge in [0.15, 0.2) is 16.6 Å². The van der Waals surface area contributed by atoms with Crippen LogP contribution in [0.4, 0.5) is 0 Å². The number of ketones is 1. The van der Waals surface area contributed by atoms with Crippen molar-refractivity contribution in [2.45, 2.75) is 12.1 Å². The van der Waals surface area contributed by atoms with Gasteiger partial charge < -0.3 is 0 Å². The van der Waals surface area contributed by atoms with E-state index >= 15 is 0 Å². The van der Waals surface area contributed by atoms with Crippen LogP contribution in [-0.2, 0) is 0 Å². The lowest BCUT2D eigenvalue weighted by Crippen LogP contribution is -2.18. The lowest BCUT2D eigenvalue weighted by molar-refractivity contribution is 0.102. The molecule has 0 spiro atoms. The van der Waals surface area contributed by atoms with Gasteiger partial charge in [-0.25, -0.2) is 4.98 Å². The third kappa shape index (κ3) is 2.97. The molecule has 0 amide bonds. The normalized spacial score (nSPS) is 11.1. The zero-order chi connectivity index (χ0) is 18.1. The highest BCUT2D eigenvalue weighted by atomic mass is 32.2. The van der Waals surface area contributed by atoms with Crippen molar-refractivity contribution in [3.63, 3.8) is 0 Å². The first-order valence-electron chi connectivity index (χ1n) is 8.01. The standard InChI is InChI=1S/C19H14N4O2S/c1-12-18(25)21-17-14-9-5-6-10-15(14)20-19(23(17)22-12)26-11-16(24)13-7-3-2-4-8-13/h2-10H,11H2,1H3. The first-order valence-corrected chi connectivity index (χ1v) is 8.99. The molecule has 4 rings (SSSR count). The van der Waals surface area contributed by atoms with Crippen LogP contribution in [0.1, 0.15) is 16.1 Å². The highest BCUT2D eigenvalue weighted by Gasteiger charge is 2.14. The van der Waals surface area contributed by atoms with Crippen LogP contribution in [0.3, 0.4) is 0 Å². The zero-order valence-corrected chi connectivity index (χ0v) is 14.7. The van der Waals surface area contributed by atoms with Gasteiger partial charge in [-0.3, -0.25) is 9.59 Å². The summed E-state index contributed by atoms with van der Waals surface area (Å²) in [5.74, 6) is 0.224. The summed E-state index contributed by atoms with van der Waals surface area (Å²) in [6, 6.07) is 16.6. The molecule has 2 aromatic carbocycles. The predicted octanol–water partition coefficient (Wildman–Crippen LogP) is 2.92. The highest BCUT2D eigenvalue weighted by Crippen LogP contribution is 2.23.